The van der Waals surface area contributed by atoms with Gasteiger partial charge in [0.1, 0.15) is 5.69 Å². The van der Waals surface area contributed by atoms with Crippen molar-refractivity contribution >= 4 is 25.4 Å². The van der Waals surface area contributed by atoms with Crippen molar-refractivity contribution in [3.8, 4) is 0 Å². The number of pyridine rings is 1. The fraction of sp³-hybridized carbons (Fsp3) is 0.375. The Kier molecular flexibility index (Phi) is 2.58. The zero-order chi connectivity index (χ0) is 13.8. The SMILES string of the molecule is CS(=O)(=O)C1(S(C)(=O)=O)NNc2c[n+]([O-])ccc21. The van der Waals surface area contributed by atoms with Crippen molar-refractivity contribution in [2.45, 2.75) is 4.20 Å². The standard InChI is InChI=1S/C8H11N3O5S2/c1-17(13,14)8(18(2,15)16)6-3-4-11(12)5-7(6)9-10-8/h3-5,9-10H,1-2H3. The molecule has 0 fully saturated rings. The van der Waals surface area contributed by atoms with E-state index in [1.54, 1.807) is 0 Å². The fourth-order valence-electron chi connectivity index (χ4n) is 1.94. The largest absolute Gasteiger partial charge is 0.619 e. The summed E-state index contributed by atoms with van der Waals surface area (Å²) < 4.78 is 45.7. The highest BCUT2D eigenvalue weighted by molar-refractivity contribution is 8.08. The molecule has 0 saturated carbocycles. The molecule has 0 unspecified atom stereocenters. The number of hydrogen-bond acceptors (Lipinski definition) is 7. The van der Waals surface area contributed by atoms with Gasteiger partial charge in [0.25, 0.3) is 4.20 Å². The lowest BCUT2D eigenvalue weighted by atomic mass is 10.2. The van der Waals surface area contributed by atoms with Gasteiger partial charge in [-0.15, -0.1) is 0 Å². The fourth-order valence-corrected chi connectivity index (χ4v) is 5.77. The number of rotatable bonds is 2. The van der Waals surface area contributed by atoms with Crippen molar-refractivity contribution in [2.24, 2.45) is 0 Å². The predicted octanol–water partition coefficient (Wildman–Crippen LogP) is -1.55. The van der Waals surface area contributed by atoms with Gasteiger partial charge in [-0.1, -0.05) is 0 Å². The minimum absolute atomic E-state index is 0.0143. The molecule has 0 aromatic carbocycles. The van der Waals surface area contributed by atoms with Gasteiger partial charge in [0, 0.05) is 24.1 Å². The van der Waals surface area contributed by atoms with Gasteiger partial charge in [-0.3, -0.25) is 0 Å². The second-order valence-corrected chi connectivity index (χ2v) is 8.61. The Morgan fingerprint density at radius 2 is 1.78 bits per heavy atom. The molecule has 0 aliphatic carbocycles. The monoisotopic (exact) mass is 293 g/mol. The van der Waals surface area contributed by atoms with E-state index in [2.05, 4.69) is 10.9 Å². The summed E-state index contributed by atoms with van der Waals surface area (Å²) in [7, 11) is -8.04. The average molecular weight is 293 g/mol. The van der Waals surface area contributed by atoms with Crippen LogP contribution in [0.3, 0.4) is 0 Å². The molecule has 1 aromatic rings. The number of hydrogen-bond donors (Lipinski definition) is 2. The maximum Gasteiger partial charge on any atom is 0.266 e. The van der Waals surface area contributed by atoms with Crippen molar-refractivity contribution in [3.05, 3.63) is 29.2 Å². The van der Waals surface area contributed by atoms with Crippen LogP contribution in [-0.2, 0) is 23.9 Å². The normalized spacial score (nSPS) is 18.1. The molecule has 100 valence electrons. The smallest absolute Gasteiger partial charge is 0.266 e. The van der Waals surface area contributed by atoms with Gasteiger partial charge < -0.3 is 10.6 Å². The molecule has 0 spiro atoms. The third-order valence-corrected chi connectivity index (χ3v) is 7.24. The van der Waals surface area contributed by atoms with Crippen LogP contribution in [0.1, 0.15) is 5.56 Å². The third-order valence-electron chi connectivity index (χ3n) is 2.70. The van der Waals surface area contributed by atoms with E-state index in [0.29, 0.717) is 4.73 Å². The number of nitrogens with zero attached hydrogens (tertiary/aromatic N) is 1. The molecule has 1 aliphatic rings. The molecule has 2 N–H and O–H groups in total. The van der Waals surface area contributed by atoms with Crippen LogP contribution in [-0.4, -0.2) is 29.3 Å². The van der Waals surface area contributed by atoms with Gasteiger partial charge >= 0.3 is 0 Å². The lowest BCUT2D eigenvalue weighted by Crippen LogP contribution is -2.52. The number of fused-ring (bicyclic) bond motifs is 1. The zero-order valence-corrected chi connectivity index (χ0v) is 11.2. The van der Waals surface area contributed by atoms with Crippen molar-refractivity contribution < 1.29 is 21.6 Å². The number of anilines is 1. The Hall–Kier alpha value is -1.39. The van der Waals surface area contributed by atoms with Gasteiger partial charge in [-0.2, -0.15) is 10.2 Å². The summed E-state index contributed by atoms with van der Waals surface area (Å²) in [6, 6.07) is 1.16. The molecule has 10 heteroatoms. The highest BCUT2D eigenvalue weighted by Gasteiger charge is 2.57. The van der Waals surface area contributed by atoms with E-state index in [1.807, 2.05) is 0 Å². The molecule has 1 aliphatic heterocycles. The number of sulfone groups is 2. The van der Waals surface area contributed by atoms with Crippen LogP contribution in [0.4, 0.5) is 5.69 Å². The van der Waals surface area contributed by atoms with E-state index in [0.717, 1.165) is 31.0 Å². The molecule has 8 nitrogen and oxygen atoms in total. The highest BCUT2D eigenvalue weighted by atomic mass is 32.3. The minimum atomic E-state index is -4.02. The summed E-state index contributed by atoms with van der Waals surface area (Å²) in [5.74, 6) is 0. The van der Waals surface area contributed by atoms with E-state index in [1.165, 1.54) is 0 Å². The van der Waals surface area contributed by atoms with Gasteiger partial charge in [0.15, 0.2) is 25.9 Å². The van der Waals surface area contributed by atoms with E-state index in [9.17, 15) is 22.0 Å². The molecule has 0 saturated heterocycles. The van der Waals surface area contributed by atoms with Crippen LogP contribution in [0.15, 0.2) is 18.5 Å². The Balaban J connectivity index is 2.86. The first-order valence-corrected chi connectivity index (χ1v) is 8.53. The summed E-state index contributed by atoms with van der Waals surface area (Å²) in [5, 5.41) is 11.1. The number of nitrogens with one attached hydrogen (secondary N) is 2. The second-order valence-electron chi connectivity index (χ2n) is 4.04. The van der Waals surface area contributed by atoms with Crippen molar-refractivity contribution in [2.75, 3.05) is 17.9 Å². The lowest BCUT2D eigenvalue weighted by Gasteiger charge is -2.24. The molecule has 0 atom stereocenters. The summed E-state index contributed by atoms with van der Waals surface area (Å²) in [5.41, 5.74) is 4.78. The number of hydrazine groups is 1. The molecule has 0 radical (unpaired) electrons. The highest BCUT2D eigenvalue weighted by Crippen LogP contribution is 2.40. The van der Waals surface area contributed by atoms with E-state index in [-0.39, 0.29) is 11.3 Å². The van der Waals surface area contributed by atoms with Gasteiger partial charge in [-0.25, -0.2) is 16.8 Å². The first-order chi connectivity index (χ1) is 8.09. The molecular formula is C8H11N3O5S2. The van der Waals surface area contributed by atoms with Gasteiger partial charge in [0.05, 0.1) is 0 Å². The van der Waals surface area contributed by atoms with Crippen LogP contribution in [0.2, 0.25) is 0 Å². The maximum absolute atomic E-state index is 11.9. The van der Waals surface area contributed by atoms with Crippen molar-refractivity contribution in [1.82, 2.24) is 5.43 Å². The van der Waals surface area contributed by atoms with Crippen molar-refractivity contribution in [3.63, 3.8) is 0 Å². The molecule has 18 heavy (non-hydrogen) atoms. The Morgan fingerprint density at radius 1 is 1.22 bits per heavy atom. The second kappa shape index (κ2) is 3.56. The quantitative estimate of drug-likeness (QED) is 0.500. The Bertz CT molecular complexity index is 678. The maximum atomic E-state index is 11.9. The van der Waals surface area contributed by atoms with E-state index < -0.39 is 23.9 Å². The Labute approximate surface area is 104 Å². The predicted molar refractivity (Wildman–Crippen MR) is 63.5 cm³/mol. The first-order valence-electron chi connectivity index (χ1n) is 4.75. The Morgan fingerprint density at radius 3 is 2.28 bits per heavy atom. The number of aromatic nitrogens is 1. The summed E-state index contributed by atoms with van der Waals surface area (Å²) >= 11 is 0. The van der Waals surface area contributed by atoms with E-state index in [4.69, 9.17) is 0 Å². The summed E-state index contributed by atoms with van der Waals surface area (Å²) in [4.78, 5) is 0. The van der Waals surface area contributed by atoms with Gasteiger partial charge in [0.2, 0.25) is 6.20 Å². The van der Waals surface area contributed by atoms with Crippen LogP contribution in [0.25, 0.3) is 0 Å². The molecule has 2 heterocycles. The molecule has 2 rings (SSSR count). The average Bonchev–Trinajstić information content (AvgIpc) is 2.54. The minimum Gasteiger partial charge on any atom is -0.619 e. The molecule has 0 bridgehead atoms. The van der Waals surface area contributed by atoms with Crippen LogP contribution >= 0.6 is 0 Å². The van der Waals surface area contributed by atoms with Crippen LogP contribution < -0.4 is 15.6 Å². The zero-order valence-electron chi connectivity index (χ0n) is 9.54. The van der Waals surface area contributed by atoms with Crippen LogP contribution in [0.5, 0.6) is 0 Å². The third kappa shape index (κ3) is 1.56. The molecule has 0 amide bonds. The van der Waals surface area contributed by atoms with Crippen LogP contribution in [0, 0.1) is 5.21 Å². The first kappa shape index (κ1) is 13.1. The van der Waals surface area contributed by atoms with E-state index >= 15 is 0 Å². The summed E-state index contributed by atoms with van der Waals surface area (Å²) in [6.07, 6.45) is 3.73. The lowest BCUT2D eigenvalue weighted by molar-refractivity contribution is -0.604. The topological polar surface area (TPSA) is 119 Å². The molecular weight excluding hydrogens is 282 g/mol. The molecule has 1 aromatic heterocycles. The summed E-state index contributed by atoms with van der Waals surface area (Å²) in [6.45, 7) is 0. The van der Waals surface area contributed by atoms with Crippen molar-refractivity contribution in [1.29, 1.82) is 0 Å². The van der Waals surface area contributed by atoms with Gasteiger partial charge in [-0.05, 0) is 0 Å².